The molecule has 1 saturated carbocycles. The Hall–Kier alpha value is -0.380. The van der Waals surface area contributed by atoms with Gasteiger partial charge in [-0.05, 0) is 36.1 Å². The van der Waals surface area contributed by atoms with Crippen molar-refractivity contribution >= 4 is 11.3 Å². The summed E-state index contributed by atoms with van der Waals surface area (Å²) in [7, 11) is 0. The highest BCUT2D eigenvalue weighted by atomic mass is 32.1. The number of nitrogens with one attached hydrogen (secondary N) is 1. The predicted molar refractivity (Wildman–Crippen MR) is 87.1 cm³/mol. The molecular weight excluding hydrogens is 266 g/mol. The molecule has 1 heterocycles. The monoisotopic (exact) mass is 295 g/mol. The normalized spacial score (nSPS) is 19.6. The lowest BCUT2D eigenvalue weighted by Crippen LogP contribution is -2.36. The van der Waals surface area contributed by atoms with Crippen molar-refractivity contribution < 1.29 is 5.11 Å². The molecule has 2 N–H and O–H groups in total. The molecule has 0 aromatic carbocycles. The lowest BCUT2D eigenvalue weighted by molar-refractivity contribution is 0.0955. The summed E-state index contributed by atoms with van der Waals surface area (Å²) in [5.74, 6) is 1.18. The third-order valence-electron chi connectivity index (χ3n) is 4.86. The highest BCUT2D eigenvalue weighted by Gasteiger charge is 2.27. The number of hydrogen-bond acceptors (Lipinski definition) is 3. The Morgan fingerprint density at radius 2 is 2.00 bits per heavy atom. The quantitative estimate of drug-likeness (QED) is 0.746. The summed E-state index contributed by atoms with van der Waals surface area (Å²) in [4.78, 5) is 1.44. The maximum atomic E-state index is 10.3. The third-order valence-corrected chi connectivity index (χ3v) is 5.82. The molecule has 3 heteroatoms. The van der Waals surface area contributed by atoms with E-state index in [0.717, 1.165) is 25.3 Å². The average Bonchev–Trinajstić information content (AvgIpc) is 3.13. The molecule has 0 radical (unpaired) electrons. The van der Waals surface area contributed by atoms with Crippen LogP contribution in [0, 0.1) is 11.8 Å². The van der Waals surface area contributed by atoms with Crippen LogP contribution in [0.5, 0.6) is 0 Å². The van der Waals surface area contributed by atoms with Crippen LogP contribution >= 0.6 is 11.3 Å². The first-order valence-corrected chi connectivity index (χ1v) is 9.09. The van der Waals surface area contributed by atoms with Crippen LogP contribution in [0.2, 0.25) is 0 Å². The summed E-state index contributed by atoms with van der Waals surface area (Å²) in [5.41, 5.74) is 0. The van der Waals surface area contributed by atoms with Crippen LogP contribution in [0.4, 0.5) is 0 Å². The standard InChI is InChI=1S/C17H29NOS/c1-3-13(4-2)15(19)12-18-17(14-8-5-6-9-14)16-10-7-11-20-16/h7,10-11,13-15,17-19H,3-6,8-9,12H2,1-2H3. The van der Waals surface area contributed by atoms with E-state index >= 15 is 0 Å². The Bertz CT molecular complexity index is 355. The van der Waals surface area contributed by atoms with Crippen molar-refractivity contribution in [3.63, 3.8) is 0 Å². The Balaban J connectivity index is 1.94. The van der Waals surface area contributed by atoms with Gasteiger partial charge in [0.05, 0.1) is 6.10 Å². The zero-order valence-electron chi connectivity index (χ0n) is 12.8. The summed E-state index contributed by atoms with van der Waals surface area (Å²) in [5, 5.41) is 16.2. The molecule has 1 aromatic heterocycles. The second kappa shape index (κ2) is 8.16. The molecule has 1 aromatic rings. The number of thiophene rings is 1. The third kappa shape index (κ3) is 4.06. The van der Waals surface area contributed by atoms with Gasteiger partial charge in [-0.2, -0.15) is 0 Å². The molecular formula is C17H29NOS. The van der Waals surface area contributed by atoms with Gasteiger partial charge in [0, 0.05) is 17.5 Å². The topological polar surface area (TPSA) is 32.3 Å². The van der Waals surface area contributed by atoms with Gasteiger partial charge in [0.2, 0.25) is 0 Å². The summed E-state index contributed by atoms with van der Waals surface area (Å²) >= 11 is 1.85. The first-order valence-electron chi connectivity index (χ1n) is 8.21. The summed E-state index contributed by atoms with van der Waals surface area (Å²) in [6.45, 7) is 5.07. The van der Waals surface area contributed by atoms with E-state index in [1.165, 1.54) is 30.6 Å². The minimum absolute atomic E-state index is 0.214. The summed E-state index contributed by atoms with van der Waals surface area (Å²) < 4.78 is 0. The van der Waals surface area contributed by atoms with Crippen molar-refractivity contribution in [1.82, 2.24) is 5.32 Å². The molecule has 2 nitrogen and oxygen atoms in total. The van der Waals surface area contributed by atoms with E-state index in [2.05, 4.69) is 36.7 Å². The van der Waals surface area contributed by atoms with E-state index in [1.54, 1.807) is 0 Å². The van der Waals surface area contributed by atoms with Gasteiger partial charge >= 0.3 is 0 Å². The van der Waals surface area contributed by atoms with Gasteiger partial charge in [0.25, 0.3) is 0 Å². The number of hydrogen-bond donors (Lipinski definition) is 2. The molecule has 1 fully saturated rings. The van der Waals surface area contributed by atoms with Crippen molar-refractivity contribution in [2.24, 2.45) is 11.8 Å². The molecule has 2 atom stereocenters. The largest absolute Gasteiger partial charge is 0.392 e. The van der Waals surface area contributed by atoms with Crippen LogP contribution in [0.3, 0.4) is 0 Å². The van der Waals surface area contributed by atoms with Gasteiger partial charge in [-0.25, -0.2) is 0 Å². The fourth-order valence-corrected chi connectivity index (χ4v) is 4.40. The Kier molecular flexibility index (Phi) is 6.53. The van der Waals surface area contributed by atoms with Crippen LogP contribution in [0.1, 0.15) is 63.3 Å². The second-order valence-corrected chi connectivity index (χ2v) is 7.07. The Morgan fingerprint density at radius 1 is 1.30 bits per heavy atom. The summed E-state index contributed by atoms with van der Waals surface area (Å²) in [6.07, 6.45) is 7.30. The molecule has 1 aliphatic rings. The van der Waals surface area contributed by atoms with E-state index in [0.29, 0.717) is 12.0 Å². The first-order chi connectivity index (χ1) is 9.76. The van der Waals surface area contributed by atoms with E-state index in [-0.39, 0.29) is 6.10 Å². The van der Waals surface area contributed by atoms with Gasteiger partial charge in [-0.3, -0.25) is 0 Å². The molecule has 0 spiro atoms. The van der Waals surface area contributed by atoms with Crippen molar-refractivity contribution in [1.29, 1.82) is 0 Å². The van der Waals surface area contributed by atoms with Crippen LogP contribution in [0.15, 0.2) is 17.5 Å². The lowest BCUT2D eigenvalue weighted by atomic mass is 9.94. The molecule has 0 amide bonds. The van der Waals surface area contributed by atoms with Crippen LogP contribution in [-0.4, -0.2) is 17.8 Å². The van der Waals surface area contributed by atoms with Gasteiger partial charge < -0.3 is 10.4 Å². The first kappa shape index (κ1) is 16.0. The maximum absolute atomic E-state index is 10.3. The van der Waals surface area contributed by atoms with Crippen LogP contribution < -0.4 is 5.32 Å². The van der Waals surface area contributed by atoms with E-state index in [9.17, 15) is 5.11 Å². The van der Waals surface area contributed by atoms with Crippen molar-refractivity contribution in [2.45, 2.75) is 64.5 Å². The number of aliphatic hydroxyl groups is 1. The molecule has 0 saturated heterocycles. The lowest BCUT2D eigenvalue weighted by Gasteiger charge is -2.27. The molecule has 20 heavy (non-hydrogen) atoms. The van der Waals surface area contributed by atoms with Crippen molar-refractivity contribution in [3.05, 3.63) is 22.4 Å². The molecule has 2 unspecified atom stereocenters. The number of aliphatic hydroxyl groups excluding tert-OH is 1. The minimum Gasteiger partial charge on any atom is -0.392 e. The molecule has 114 valence electrons. The fraction of sp³-hybridized carbons (Fsp3) is 0.765. The van der Waals surface area contributed by atoms with Gasteiger partial charge in [-0.1, -0.05) is 45.6 Å². The van der Waals surface area contributed by atoms with Crippen molar-refractivity contribution in [3.8, 4) is 0 Å². The molecule has 0 aliphatic heterocycles. The molecule has 1 aliphatic carbocycles. The van der Waals surface area contributed by atoms with E-state index in [1.807, 2.05) is 11.3 Å². The van der Waals surface area contributed by atoms with E-state index < -0.39 is 0 Å². The van der Waals surface area contributed by atoms with E-state index in [4.69, 9.17) is 0 Å². The Morgan fingerprint density at radius 3 is 2.55 bits per heavy atom. The van der Waals surface area contributed by atoms with Crippen LogP contribution in [0.25, 0.3) is 0 Å². The zero-order valence-corrected chi connectivity index (χ0v) is 13.7. The SMILES string of the molecule is CCC(CC)C(O)CNC(c1cccs1)C1CCCC1. The molecule has 2 rings (SSSR count). The summed E-state index contributed by atoms with van der Waals surface area (Å²) in [6, 6.07) is 4.83. The highest BCUT2D eigenvalue weighted by Crippen LogP contribution is 2.37. The van der Waals surface area contributed by atoms with Gasteiger partial charge in [0.1, 0.15) is 0 Å². The minimum atomic E-state index is -0.214. The fourth-order valence-electron chi connectivity index (χ4n) is 3.51. The van der Waals surface area contributed by atoms with Crippen molar-refractivity contribution in [2.75, 3.05) is 6.54 Å². The second-order valence-electron chi connectivity index (χ2n) is 6.09. The average molecular weight is 295 g/mol. The number of rotatable bonds is 8. The maximum Gasteiger partial charge on any atom is 0.0692 e. The van der Waals surface area contributed by atoms with Crippen LogP contribution in [-0.2, 0) is 0 Å². The van der Waals surface area contributed by atoms with Gasteiger partial charge in [-0.15, -0.1) is 11.3 Å². The zero-order chi connectivity index (χ0) is 14.4. The molecule has 0 bridgehead atoms. The highest BCUT2D eigenvalue weighted by molar-refractivity contribution is 7.10. The van der Waals surface area contributed by atoms with Gasteiger partial charge in [0.15, 0.2) is 0 Å². The Labute approximate surface area is 127 Å². The predicted octanol–water partition coefficient (Wildman–Crippen LogP) is 4.37. The smallest absolute Gasteiger partial charge is 0.0692 e.